The van der Waals surface area contributed by atoms with E-state index in [2.05, 4.69) is 42.1 Å². The third-order valence-corrected chi connectivity index (χ3v) is 6.51. The van der Waals surface area contributed by atoms with Crippen LogP contribution in [0, 0.1) is 12.3 Å². The van der Waals surface area contributed by atoms with Gasteiger partial charge < -0.3 is 10.0 Å². The quantitative estimate of drug-likeness (QED) is 0.916. The molecule has 140 valence electrons. The van der Waals surface area contributed by atoms with Crippen LogP contribution in [0.15, 0.2) is 36.5 Å². The monoisotopic (exact) mass is 354 g/mol. The number of piperidine rings is 2. The predicted molar refractivity (Wildman–Crippen MR) is 103 cm³/mol. The van der Waals surface area contributed by atoms with Crippen molar-refractivity contribution in [2.75, 3.05) is 33.3 Å². The predicted octanol–water partition coefficient (Wildman–Crippen LogP) is 2.46. The van der Waals surface area contributed by atoms with Gasteiger partial charge in [-0.15, -0.1) is 0 Å². The van der Waals surface area contributed by atoms with E-state index in [1.807, 2.05) is 22.9 Å². The fourth-order valence-electron chi connectivity index (χ4n) is 4.82. The Balaban J connectivity index is 1.49. The van der Waals surface area contributed by atoms with Gasteiger partial charge in [-0.3, -0.25) is 4.90 Å². The number of benzene rings is 1. The van der Waals surface area contributed by atoms with Gasteiger partial charge in [-0.2, -0.15) is 5.10 Å². The topological polar surface area (TPSA) is 44.5 Å². The molecule has 0 unspecified atom stereocenters. The number of hydrogen-bond donors (Lipinski definition) is 1. The van der Waals surface area contributed by atoms with Crippen molar-refractivity contribution in [1.29, 1.82) is 0 Å². The summed E-state index contributed by atoms with van der Waals surface area (Å²) < 4.78 is 1.99. The Morgan fingerprint density at radius 2 is 2.00 bits per heavy atom. The summed E-state index contributed by atoms with van der Waals surface area (Å²) in [5.74, 6) is 0. The van der Waals surface area contributed by atoms with Crippen molar-refractivity contribution in [3.63, 3.8) is 0 Å². The fourth-order valence-corrected chi connectivity index (χ4v) is 4.82. The van der Waals surface area contributed by atoms with Crippen LogP contribution in [-0.2, 0) is 6.54 Å². The summed E-state index contributed by atoms with van der Waals surface area (Å²) in [6, 6.07) is 10.8. The molecule has 4 rings (SSSR count). The summed E-state index contributed by atoms with van der Waals surface area (Å²) in [6.45, 7) is 6.59. The van der Waals surface area contributed by atoms with Crippen LogP contribution in [0.2, 0.25) is 0 Å². The second-order valence-electron chi connectivity index (χ2n) is 8.13. The second-order valence-corrected chi connectivity index (χ2v) is 8.13. The molecule has 2 aromatic rings. The van der Waals surface area contributed by atoms with Crippen LogP contribution in [-0.4, -0.2) is 64.0 Å². The number of nitrogens with zero attached hydrogens (tertiary/aromatic N) is 4. The van der Waals surface area contributed by atoms with Gasteiger partial charge in [-0.05, 0) is 58.5 Å². The molecule has 2 aliphatic heterocycles. The van der Waals surface area contributed by atoms with Crippen LogP contribution in [0.25, 0.3) is 5.69 Å². The molecule has 0 aliphatic carbocycles. The number of aryl methyl sites for hydroxylation is 1. The van der Waals surface area contributed by atoms with Gasteiger partial charge in [0, 0.05) is 36.3 Å². The molecule has 5 nitrogen and oxygen atoms in total. The summed E-state index contributed by atoms with van der Waals surface area (Å²) in [5, 5.41) is 14.8. The summed E-state index contributed by atoms with van der Waals surface area (Å²) >= 11 is 0. The molecule has 3 heterocycles. The minimum Gasteiger partial charge on any atom is -0.396 e. The zero-order valence-electron chi connectivity index (χ0n) is 15.9. The van der Waals surface area contributed by atoms with Gasteiger partial charge in [0.25, 0.3) is 0 Å². The van der Waals surface area contributed by atoms with Crippen LogP contribution in [0.4, 0.5) is 0 Å². The minimum absolute atomic E-state index is 0.104. The zero-order valence-corrected chi connectivity index (χ0v) is 15.9. The van der Waals surface area contributed by atoms with Gasteiger partial charge in [0.15, 0.2) is 0 Å². The zero-order chi connectivity index (χ0) is 18.1. The van der Waals surface area contributed by atoms with Crippen molar-refractivity contribution in [2.24, 2.45) is 5.41 Å². The van der Waals surface area contributed by atoms with Gasteiger partial charge in [-0.25, -0.2) is 4.68 Å². The Kier molecular flexibility index (Phi) is 4.86. The van der Waals surface area contributed by atoms with Crippen molar-refractivity contribution in [1.82, 2.24) is 19.6 Å². The molecule has 2 aliphatic rings. The molecule has 0 bridgehead atoms. The molecule has 1 N–H and O–H groups in total. The SMILES string of the molecule is Cc1nn(-c2ccccc2)cc1CN1CC[C@@]2(CO)CCCN(C)[C@@H]2C1. The van der Waals surface area contributed by atoms with E-state index in [-0.39, 0.29) is 5.41 Å². The maximum atomic E-state index is 10.1. The van der Waals surface area contributed by atoms with Crippen molar-refractivity contribution < 1.29 is 5.11 Å². The van der Waals surface area contributed by atoms with Gasteiger partial charge in [0.05, 0.1) is 18.0 Å². The lowest BCUT2D eigenvalue weighted by Crippen LogP contribution is -2.61. The number of aliphatic hydroxyl groups excluding tert-OH is 1. The van der Waals surface area contributed by atoms with E-state index in [0.29, 0.717) is 12.6 Å². The molecular weight excluding hydrogens is 324 g/mol. The normalized spacial score (nSPS) is 27.4. The lowest BCUT2D eigenvalue weighted by molar-refractivity contribution is -0.0684. The number of fused-ring (bicyclic) bond motifs is 1. The van der Waals surface area contributed by atoms with Crippen LogP contribution in [0.1, 0.15) is 30.5 Å². The summed E-state index contributed by atoms with van der Waals surface area (Å²) in [5.41, 5.74) is 3.60. The Bertz CT molecular complexity index is 744. The molecule has 1 aromatic carbocycles. The van der Waals surface area contributed by atoms with Gasteiger partial charge in [0.2, 0.25) is 0 Å². The smallest absolute Gasteiger partial charge is 0.0645 e. The summed E-state index contributed by atoms with van der Waals surface area (Å²) in [4.78, 5) is 5.01. The fraction of sp³-hybridized carbons (Fsp3) is 0.571. The first-order valence-corrected chi connectivity index (χ1v) is 9.75. The molecule has 2 fully saturated rings. The molecule has 26 heavy (non-hydrogen) atoms. The maximum absolute atomic E-state index is 10.1. The van der Waals surface area contributed by atoms with E-state index in [9.17, 15) is 5.11 Å². The third kappa shape index (κ3) is 3.20. The van der Waals surface area contributed by atoms with Gasteiger partial charge in [0.1, 0.15) is 0 Å². The molecule has 0 spiro atoms. The van der Waals surface area contributed by atoms with E-state index < -0.39 is 0 Å². The highest BCUT2D eigenvalue weighted by molar-refractivity contribution is 5.32. The Hall–Kier alpha value is -1.69. The van der Waals surface area contributed by atoms with Crippen molar-refractivity contribution in [3.8, 4) is 5.69 Å². The van der Waals surface area contributed by atoms with Gasteiger partial charge in [-0.1, -0.05) is 18.2 Å². The average Bonchev–Trinajstić information content (AvgIpc) is 3.04. The number of rotatable bonds is 4. The molecule has 0 radical (unpaired) electrons. The number of aromatic nitrogens is 2. The number of para-hydroxylation sites is 1. The first kappa shape index (κ1) is 17.7. The first-order chi connectivity index (χ1) is 12.6. The van der Waals surface area contributed by atoms with E-state index in [1.54, 1.807) is 0 Å². The highest BCUT2D eigenvalue weighted by Gasteiger charge is 2.46. The Labute approximate surface area is 156 Å². The number of hydrogen-bond acceptors (Lipinski definition) is 4. The summed E-state index contributed by atoms with van der Waals surface area (Å²) in [7, 11) is 2.22. The average molecular weight is 354 g/mol. The third-order valence-electron chi connectivity index (χ3n) is 6.51. The number of aliphatic hydroxyl groups is 1. The molecule has 0 amide bonds. The molecule has 5 heteroatoms. The molecule has 2 saturated heterocycles. The minimum atomic E-state index is 0.104. The van der Waals surface area contributed by atoms with E-state index in [4.69, 9.17) is 5.10 Å². The van der Waals surface area contributed by atoms with Crippen molar-refractivity contribution in [3.05, 3.63) is 47.8 Å². The van der Waals surface area contributed by atoms with Crippen LogP contribution in [0.3, 0.4) is 0 Å². The molecular formula is C21H30N4O. The molecule has 2 atom stereocenters. The lowest BCUT2D eigenvalue weighted by Gasteiger charge is -2.53. The largest absolute Gasteiger partial charge is 0.396 e. The summed E-state index contributed by atoms with van der Waals surface area (Å²) in [6.07, 6.45) is 5.63. The standard InChI is InChI=1S/C21H30N4O/c1-17-18(14-25(22-17)19-7-4-3-5-8-19)13-24-12-10-21(16-26)9-6-11-23(2)20(21)15-24/h3-5,7-8,14,20,26H,6,9-13,15-16H2,1-2H3/t20-,21-/m1/s1. The van der Waals surface area contributed by atoms with E-state index in [0.717, 1.165) is 50.4 Å². The first-order valence-electron chi connectivity index (χ1n) is 9.75. The Morgan fingerprint density at radius 1 is 1.19 bits per heavy atom. The van der Waals surface area contributed by atoms with Crippen molar-refractivity contribution in [2.45, 2.75) is 38.8 Å². The van der Waals surface area contributed by atoms with Crippen LogP contribution in [0.5, 0.6) is 0 Å². The highest BCUT2D eigenvalue weighted by atomic mass is 16.3. The molecule has 0 saturated carbocycles. The van der Waals surface area contributed by atoms with Gasteiger partial charge >= 0.3 is 0 Å². The van der Waals surface area contributed by atoms with E-state index in [1.165, 1.54) is 12.0 Å². The van der Waals surface area contributed by atoms with Crippen LogP contribution >= 0.6 is 0 Å². The Morgan fingerprint density at radius 3 is 2.77 bits per heavy atom. The lowest BCUT2D eigenvalue weighted by atomic mass is 9.69. The molecule has 1 aromatic heterocycles. The maximum Gasteiger partial charge on any atom is 0.0645 e. The number of likely N-dealkylation sites (N-methyl/N-ethyl adjacent to an activating group) is 1. The second kappa shape index (κ2) is 7.14. The van der Waals surface area contributed by atoms with Crippen LogP contribution < -0.4 is 0 Å². The highest BCUT2D eigenvalue weighted by Crippen LogP contribution is 2.41. The van der Waals surface area contributed by atoms with Crippen molar-refractivity contribution >= 4 is 0 Å². The number of likely N-dealkylation sites (tertiary alicyclic amines) is 2. The van der Waals surface area contributed by atoms with E-state index >= 15 is 0 Å².